The number of nitrogens with two attached hydrogens (primary N) is 1. The van der Waals surface area contributed by atoms with Gasteiger partial charge >= 0.3 is 0 Å². The molecule has 5 heterocycles. The first-order valence-corrected chi connectivity index (χ1v) is 16.1. The molecule has 0 saturated carbocycles. The average molecular weight is 587 g/mol. The van der Waals surface area contributed by atoms with Gasteiger partial charge in [0.15, 0.2) is 5.65 Å². The summed E-state index contributed by atoms with van der Waals surface area (Å²) in [6, 6.07) is 8.54. The van der Waals surface area contributed by atoms with Gasteiger partial charge in [0.2, 0.25) is 10.0 Å². The summed E-state index contributed by atoms with van der Waals surface area (Å²) in [5, 5.41) is 5.35. The maximum Gasteiger partial charge on any atom is 0.256 e. The van der Waals surface area contributed by atoms with E-state index >= 15 is 0 Å². The van der Waals surface area contributed by atoms with Crippen LogP contribution in [-0.2, 0) is 10.0 Å². The van der Waals surface area contributed by atoms with Gasteiger partial charge in [-0.25, -0.2) is 13.4 Å². The Morgan fingerprint density at radius 1 is 1.07 bits per heavy atom. The molecule has 3 N–H and O–H groups in total. The van der Waals surface area contributed by atoms with Crippen LogP contribution in [-0.4, -0.2) is 78.8 Å². The van der Waals surface area contributed by atoms with Crippen LogP contribution in [0.4, 0.5) is 17.3 Å². The van der Waals surface area contributed by atoms with E-state index in [9.17, 15) is 13.2 Å². The van der Waals surface area contributed by atoms with Crippen LogP contribution < -0.4 is 20.3 Å². The zero-order chi connectivity index (χ0) is 28.2. The Morgan fingerprint density at radius 2 is 1.88 bits per heavy atom. The second-order valence-corrected chi connectivity index (χ2v) is 13.6. The minimum Gasteiger partial charge on any atom is -0.356 e. The number of anilines is 3. The molecule has 214 valence electrons. The maximum atomic E-state index is 13.9. The van der Waals surface area contributed by atoms with Crippen molar-refractivity contribution >= 4 is 50.5 Å². The SMILES string of the molecule is C[C@@H]1CCN(c2cc(N3CC(N)C3)n3nc([C@@H]4CCCCN4C(=O)c4cc(Cl)ccc4NS(C)(=O)=O)cc3n2)C1. The average Bonchev–Trinajstić information content (AvgIpc) is 3.52. The second kappa shape index (κ2) is 10.4. The number of likely N-dealkylation sites (tertiary alicyclic amines) is 1. The molecule has 0 spiro atoms. The molecule has 3 aliphatic heterocycles. The molecular weight excluding hydrogens is 552 g/mol. The number of nitrogens with one attached hydrogen (secondary N) is 1. The number of carbonyl (C=O) groups excluding carboxylic acids is 1. The summed E-state index contributed by atoms with van der Waals surface area (Å²) in [6.45, 7) is 6.24. The summed E-state index contributed by atoms with van der Waals surface area (Å²) >= 11 is 6.24. The minimum atomic E-state index is -3.59. The fourth-order valence-electron chi connectivity index (χ4n) is 5.98. The van der Waals surface area contributed by atoms with Gasteiger partial charge in [-0.1, -0.05) is 18.5 Å². The Hall–Kier alpha value is -3.09. The number of aromatic nitrogens is 3. The summed E-state index contributed by atoms with van der Waals surface area (Å²) in [6.07, 6.45) is 4.73. The summed E-state index contributed by atoms with van der Waals surface area (Å²) in [5.41, 5.74) is 8.05. The van der Waals surface area contributed by atoms with Crippen LogP contribution in [0.15, 0.2) is 30.3 Å². The van der Waals surface area contributed by atoms with Gasteiger partial charge in [0, 0.05) is 55.9 Å². The molecular formula is C27H35ClN8O3S. The number of halogens is 1. The lowest BCUT2D eigenvalue weighted by atomic mass is 9.98. The fourth-order valence-corrected chi connectivity index (χ4v) is 6.72. The van der Waals surface area contributed by atoms with Crippen molar-refractivity contribution in [1.82, 2.24) is 19.5 Å². The number of benzene rings is 1. The normalized spacial score (nSPS) is 22.1. The quantitative estimate of drug-likeness (QED) is 0.451. The van der Waals surface area contributed by atoms with E-state index in [0.717, 1.165) is 81.1 Å². The van der Waals surface area contributed by atoms with Crippen LogP contribution >= 0.6 is 11.6 Å². The highest BCUT2D eigenvalue weighted by Crippen LogP contribution is 2.36. The Morgan fingerprint density at radius 3 is 2.58 bits per heavy atom. The predicted molar refractivity (Wildman–Crippen MR) is 157 cm³/mol. The van der Waals surface area contributed by atoms with Gasteiger partial charge in [-0.05, 0) is 49.8 Å². The van der Waals surface area contributed by atoms with Crippen molar-refractivity contribution < 1.29 is 13.2 Å². The number of amides is 1. The molecule has 2 aromatic heterocycles. The standard InChI is InChI=1S/C27H35ClN8O3S/c1-17-8-10-33(14-17)24-13-26(34-15-19(29)16-34)36-25(30-24)12-22(31-36)23-5-3-4-9-35(23)27(37)20-11-18(28)6-7-21(20)32-40(2,38)39/h6-7,11-13,17,19,23,32H,3-5,8-10,14-16,29H2,1-2H3/t17-,23+/m1/s1. The molecule has 1 aromatic carbocycles. The minimum absolute atomic E-state index is 0.132. The largest absolute Gasteiger partial charge is 0.356 e. The number of hydrogen-bond donors (Lipinski definition) is 2. The molecule has 0 radical (unpaired) electrons. The summed E-state index contributed by atoms with van der Waals surface area (Å²) in [7, 11) is -3.59. The second-order valence-electron chi connectivity index (χ2n) is 11.4. The van der Waals surface area contributed by atoms with Crippen molar-refractivity contribution in [2.24, 2.45) is 11.7 Å². The molecule has 0 bridgehead atoms. The topological polar surface area (TPSA) is 129 Å². The van der Waals surface area contributed by atoms with E-state index < -0.39 is 10.0 Å². The molecule has 3 saturated heterocycles. The van der Waals surface area contributed by atoms with Crippen molar-refractivity contribution in [3.8, 4) is 0 Å². The number of fused-ring (bicyclic) bond motifs is 1. The van der Waals surface area contributed by atoms with Crippen LogP contribution in [0.3, 0.4) is 0 Å². The number of rotatable bonds is 6. The molecule has 3 aliphatic rings. The maximum absolute atomic E-state index is 13.9. The van der Waals surface area contributed by atoms with Crippen molar-refractivity contribution in [3.05, 3.63) is 46.6 Å². The van der Waals surface area contributed by atoms with Gasteiger partial charge in [-0.2, -0.15) is 9.61 Å². The van der Waals surface area contributed by atoms with Crippen LogP contribution in [0.1, 0.15) is 54.7 Å². The summed E-state index contributed by atoms with van der Waals surface area (Å²) in [4.78, 5) is 25.3. The van der Waals surface area contributed by atoms with E-state index in [4.69, 9.17) is 27.4 Å². The van der Waals surface area contributed by atoms with Crippen molar-refractivity contribution in [1.29, 1.82) is 0 Å². The van der Waals surface area contributed by atoms with E-state index in [1.807, 2.05) is 10.6 Å². The first kappa shape index (κ1) is 27.1. The Balaban J connectivity index is 1.38. The number of piperidine rings is 1. The number of sulfonamides is 1. The molecule has 11 nitrogen and oxygen atoms in total. The monoisotopic (exact) mass is 586 g/mol. The molecule has 0 unspecified atom stereocenters. The number of carbonyl (C=O) groups is 1. The molecule has 13 heteroatoms. The van der Waals surface area contributed by atoms with Gasteiger partial charge in [0.05, 0.1) is 29.2 Å². The molecule has 3 fully saturated rings. The van der Waals surface area contributed by atoms with Gasteiger partial charge in [-0.15, -0.1) is 0 Å². The highest BCUT2D eigenvalue weighted by Gasteiger charge is 2.34. The first-order valence-electron chi connectivity index (χ1n) is 13.8. The lowest BCUT2D eigenvalue weighted by Crippen LogP contribution is -2.56. The first-order chi connectivity index (χ1) is 19.1. The van der Waals surface area contributed by atoms with Crippen molar-refractivity contribution in [2.45, 2.75) is 44.7 Å². The Bertz CT molecular complexity index is 1550. The van der Waals surface area contributed by atoms with Gasteiger partial charge in [0.1, 0.15) is 11.6 Å². The van der Waals surface area contributed by atoms with Gasteiger partial charge < -0.3 is 20.4 Å². The fraction of sp³-hybridized carbons (Fsp3) is 0.519. The molecule has 3 aromatic rings. The molecule has 40 heavy (non-hydrogen) atoms. The van der Waals surface area contributed by atoms with E-state index in [-0.39, 0.29) is 29.2 Å². The third kappa shape index (κ3) is 5.31. The summed E-state index contributed by atoms with van der Waals surface area (Å²) in [5.74, 6) is 2.22. The van der Waals surface area contributed by atoms with Crippen LogP contribution in [0.5, 0.6) is 0 Å². The molecule has 6 rings (SSSR count). The van der Waals surface area contributed by atoms with E-state index in [1.54, 1.807) is 11.0 Å². The Kier molecular flexibility index (Phi) is 7.04. The van der Waals surface area contributed by atoms with Crippen molar-refractivity contribution in [3.63, 3.8) is 0 Å². The molecule has 1 amide bonds. The van der Waals surface area contributed by atoms with Crippen LogP contribution in [0.25, 0.3) is 5.65 Å². The molecule has 0 aliphatic carbocycles. The van der Waals surface area contributed by atoms with Crippen LogP contribution in [0, 0.1) is 5.92 Å². The summed E-state index contributed by atoms with van der Waals surface area (Å²) < 4.78 is 28.3. The molecule has 2 atom stereocenters. The highest BCUT2D eigenvalue weighted by molar-refractivity contribution is 7.92. The highest BCUT2D eigenvalue weighted by atomic mass is 35.5. The van der Waals surface area contributed by atoms with Crippen molar-refractivity contribution in [2.75, 3.05) is 53.5 Å². The van der Waals surface area contributed by atoms with E-state index in [0.29, 0.717) is 17.5 Å². The third-order valence-electron chi connectivity index (χ3n) is 8.01. The lowest BCUT2D eigenvalue weighted by molar-refractivity contribution is 0.0607. The predicted octanol–water partition coefficient (Wildman–Crippen LogP) is 3.12. The zero-order valence-corrected chi connectivity index (χ0v) is 24.3. The van der Waals surface area contributed by atoms with Crippen LogP contribution in [0.2, 0.25) is 5.02 Å². The third-order valence-corrected chi connectivity index (χ3v) is 8.83. The Labute approximate surface area is 239 Å². The van der Waals surface area contributed by atoms with E-state index in [2.05, 4.69) is 27.5 Å². The number of nitrogens with zero attached hydrogens (tertiary/aromatic N) is 6. The number of hydrogen-bond acceptors (Lipinski definition) is 8. The van der Waals surface area contributed by atoms with E-state index in [1.165, 1.54) is 12.1 Å². The smallest absolute Gasteiger partial charge is 0.256 e. The lowest BCUT2D eigenvalue weighted by Gasteiger charge is -2.39. The van der Waals surface area contributed by atoms with Gasteiger partial charge in [-0.3, -0.25) is 9.52 Å². The van der Waals surface area contributed by atoms with Gasteiger partial charge in [0.25, 0.3) is 5.91 Å². The zero-order valence-electron chi connectivity index (χ0n) is 22.8.